The minimum Gasteiger partial charge on any atom is -0.421 e. The number of benzene rings is 2. The number of amides is 1. The Morgan fingerprint density at radius 1 is 1.09 bits per heavy atom. The molecule has 0 radical (unpaired) electrons. The van der Waals surface area contributed by atoms with E-state index in [4.69, 9.17) is 27.6 Å². The first-order valence-corrected chi connectivity index (χ1v) is 7.46. The predicted molar refractivity (Wildman–Crippen MR) is 88.9 cm³/mol. The molecule has 0 saturated heterocycles. The number of nitrogens with zero attached hydrogens (tertiary/aromatic N) is 2. The van der Waals surface area contributed by atoms with Crippen molar-refractivity contribution < 1.29 is 9.21 Å². The second-order valence-electron chi connectivity index (χ2n) is 4.76. The molecule has 1 N–H and O–H groups in total. The van der Waals surface area contributed by atoms with Crippen LogP contribution in [0.3, 0.4) is 0 Å². The van der Waals surface area contributed by atoms with Crippen LogP contribution in [0.25, 0.3) is 11.5 Å². The first kappa shape index (κ1) is 15.5. The van der Waals surface area contributed by atoms with Crippen LogP contribution in [-0.4, -0.2) is 16.1 Å². The van der Waals surface area contributed by atoms with Crippen molar-refractivity contribution in [3.63, 3.8) is 0 Å². The number of carbonyl (C=O) groups is 1. The minimum atomic E-state index is -0.289. The zero-order valence-corrected chi connectivity index (χ0v) is 13.5. The molecule has 2 aromatic carbocycles. The summed E-state index contributed by atoms with van der Waals surface area (Å²) in [5, 5.41) is 11.1. The zero-order chi connectivity index (χ0) is 16.4. The summed E-state index contributed by atoms with van der Waals surface area (Å²) in [7, 11) is 0. The first-order chi connectivity index (χ1) is 11.0. The van der Waals surface area contributed by atoms with Crippen LogP contribution in [-0.2, 0) is 0 Å². The van der Waals surface area contributed by atoms with Crippen LogP contribution >= 0.6 is 23.2 Å². The van der Waals surface area contributed by atoms with Gasteiger partial charge in [0, 0.05) is 18.1 Å². The molecular formula is C16H11Cl2N3O2. The van der Waals surface area contributed by atoms with E-state index in [1.54, 1.807) is 49.4 Å². The number of carbonyl (C=O) groups excluding carboxylic acids is 1. The third-order valence-electron chi connectivity index (χ3n) is 3.12. The lowest BCUT2D eigenvalue weighted by molar-refractivity contribution is 0.102. The predicted octanol–water partition coefficient (Wildman–Crippen LogP) is 4.60. The molecule has 0 atom stereocenters. The summed E-state index contributed by atoms with van der Waals surface area (Å²) in [4.78, 5) is 12.3. The van der Waals surface area contributed by atoms with Crippen LogP contribution in [0, 0.1) is 6.92 Å². The Kier molecular flexibility index (Phi) is 4.32. The lowest BCUT2D eigenvalue weighted by Crippen LogP contribution is -2.12. The van der Waals surface area contributed by atoms with Crippen LogP contribution in [0.1, 0.15) is 16.2 Å². The summed E-state index contributed by atoms with van der Waals surface area (Å²) >= 11 is 12.0. The lowest BCUT2D eigenvalue weighted by atomic mass is 10.1. The van der Waals surface area contributed by atoms with Crippen molar-refractivity contribution in [3.8, 4) is 11.5 Å². The molecule has 5 nitrogen and oxygen atoms in total. The quantitative estimate of drug-likeness (QED) is 0.751. The molecule has 7 heteroatoms. The summed E-state index contributed by atoms with van der Waals surface area (Å²) in [5.74, 6) is 0.604. The Balaban J connectivity index is 1.79. The highest BCUT2D eigenvalue weighted by Crippen LogP contribution is 2.30. The summed E-state index contributed by atoms with van der Waals surface area (Å²) in [6.45, 7) is 1.72. The van der Waals surface area contributed by atoms with Gasteiger partial charge in [0.05, 0.1) is 15.7 Å². The highest BCUT2D eigenvalue weighted by Gasteiger charge is 2.11. The van der Waals surface area contributed by atoms with Gasteiger partial charge in [0.25, 0.3) is 5.91 Å². The molecule has 0 fully saturated rings. The monoisotopic (exact) mass is 347 g/mol. The van der Waals surface area contributed by atoms with E-state index in [1.807, 2.05) is 0 Å². The Morgan fingerprint density at radius 2 is 1.83 bits per heavy atom. The van der Waals surface area contributed by atoms with E-state index < -0.39 is 0 Å². The number of anilines is 1. The van der Waals surface area contributed by atoms with Crippen molar-refractivity contribution in [2.24, 2.45) is 0 Å². The fourth-order valence-corrected chi connectivity index (χ4v) is 2.32. The molecule has 3 aromatic rings. The van der Waals surface area contributed by atoms with Crippen LogP contribution in [0.15, 0.2) is 46.9 Å². The van der Waals surface area contributed by atoms with Gasteiger partial charge in [0.15, 0.2) is 0 Å². The number of halogens is 2. The maximum atomic E-state index is 12.3. The Bertz CT molecular complexity index is 860. The van der Waals surface area contributed by atoms with E-state index in [2.05, 4.69) is 15.5 Å². The molecular weight excluding hydrogens is 337 g/mol. The topological polar surface area (TPSA) is 68.0 Å². The number of rotatable bonds is 3. The maximum absolute atomic E-state index is 12.3. The summed E-state index contributed by atoms with van der Waals surface area (Å²) in [6.07, 6.45) is 0. The molecule has 1 amide bonds. The van der Waals surface area contributed by atoms with Gasteiger partial charge in [-0.3, -0.25) is 4.79 Å². The van der Waals surface area contributed by atoms with E-state index in [-0.39, 0.29) is 5.91 Å². The highest BCUT2D eigenvalue weighted by atomic mass is 35.5. The number of hydrogen-bond donors (Lipinski definition) is 1. The number of aryl methyl sites for hydroxylation is 1. The van der Waals surface area contributed by atoms with Gasteiger partial charge in [-0.25, -0.2) is 0 Å². The Labute approximate surface area is 142 Å². The fourth-order valence-electron chi connectivity index (χ4n) is 1.97. The molecule has 0 spiro atoms. The summed E-state index contributed by atoms with van der Waals surface area (Å²) < 4.78 is 5.34. The van der Waals surface area contributed by atoms with Crippen molar-refractivity contribution in [2.45, 2.75) is 6.92 Å². The SMILES string of the molecule is Cc1nnc(-c2ccc(C(=O)Nc3cccc(Cl)c3Cl)cc2)o1. The molecule has 0 aliphatic heterocycles. The molecule has 0 bridgehead atoms. The first-order valence-electron chi connectivity index (χ1n) is 6.70. The van der Waals surface area contributed by atoms with Gasteiger partial charge in [-0.15, -0.1) is 10.2 Å². The van der Waals surface area contributed by atoms with Gasteiger partial charge in [-0.2, -0.15) is 0 Å². The normalized spacial score (nSPS) is 10.6. The van der Waals surface area contributed by atoms with E-state index in [9.17, 15) is 4.79 Å². The average Bonchev–Trinajstić information content (AvgIpc) is 2.98. The van der Waals surface area contributed by atoms with E-state index >= 15 is 0 Å². The summed E-state index contributed by atoms with van der Waals surface area (Å²) in [5.41, 5.74) is 1.67. The molecule has 23 heavy (non-hydrogen) atoms. The number of nitrogens with one attached hydrogen (secondary N) is 1. The second kappa shape index (κ2) is 6.40. The molecule has 0 unspecified atom stereocenters. The highest BCUT2D eigenvalue weighted by molar-refractivity contribution is 6.44. The van der Waals surface area contributed by atoms with Crippen molar-refractivity contribution in [1.82, 2.24) is 10.2 Å². The van der Waals surface area contributed by atoms with Crippen LogP contribution < -0.4 is 5.32 Å². The number of hydrogen-bond acceptors (Lipinski definition) is 4. The number of aromatic nitrogens is 2. The van der Waals surface area contributed by atoms with Crippen molar-refractivity contribution in [1.29, 1.82) is 0 Å². The molecule has 0 saturated carbocycles. The van der Waals surface area contributed by atoms with Gasteiger partial charge in [-0.1, -0.05) is 29.3 Å². The minimum absolute atomic E-state index is 0.289. The van der Waals surface area contributed by atoms with Crippen molar-refractivity contribution in [3.05, 3.63) is 64.0 Å². The fraction of sp³-hybridized carbons (Fsp3) is 0.0625. The molecule has 0 aliphatic carbocycles. The largest absolute Gasteiger partial charge is 0.421 e. The van der Waals surface area contributed by atoms with Crippen molar-refractivity contribution in [2.75, 3.05) is 5.32 Å². The van der Waals surface area contributed by atoms with E-state index in [0.717, 1.165) is 5.56 Å². The summed E-state index contributed by atoms with van der Waals surface area (Å²) in [6, 6.07) is 11.9. The molecule has 3 rings (SSSR count). The standard InChI is InChI=1S/C16H11Cl2N3O2/c1-9-20-21-16(23-9)11-7-5-10(6-8-11)15(22)19-13-4-2-3-12(17)14(13)18/h2-8H,1H3,(H,19,22). The average molecular weight is 348 g/mol. The van der Waals surface area contributed by atoms with Gasteiger partial charge in [-0.05, 0) is 36.4 Å². The van der Waals surface area contributed by atoms with Crippen LogP contribution in [0.4, 0.5) is 5.69 Å². The lowest BCUT2D eigenvalue weighted by Gasteiger charge is -2.08. The molecule has 116 valence electrons. The Morgan fingerprint density at radius 3 is 2.48 bits per heavy atom. The van der Waals surface area contributed by atoms with Crippen LogP contribution in [0.5, 0.6) is 0 Å². The van der Waals surface area contributed by atoms with E-state index in [0.29, 0.717) is 33.1 Å². The van der Waals surface area contributed by atoms with Crippen molar-refractivity contribution >= 4 is 34.8 Å². The zero-order valence-electron chi connectivity index (χ0n) is 12.0. The van der Waals surface area contributed by atoms with Gasteiger partial charge in [0.2, 0.25) is 11.8 Å². The molecule has 1 aromatic heterocycles. The maximum Gasteiger partial charge on any atom is 0.255 e. The van der Waals surface area contributed by atoms with Gasteiger partial charge in [0.1, 0.15) is 0 Å². The third-order valence-corrected chi connectivity index (χ3v) is 3.94. The Hall–Kier alpha value is -2.37. The van der Waals surface area contributed by atoms with Gasteiger partial charge >= 0.3 is 0 Å². The van der Waals surface area contributed by atoms with Crippen LogP contribution in [0.2, 0.25) is 10.0 Å². The molecule has 0 aliphatic rings. The van der Waals surface area contributed by atoms with Gasteiger partial charge < -0.3 is 9.73 Å². The second-order valence-corrected chi connectivity index (χ2v) is 5.54. The molecule has 1 heterocycles. The van der Waals surface area contributed by atoms with E-state index in [1.165, 1.54) is 0 Å². The smallest absolute Gasteiger partial charge is 0.255 e. The third kappa shape index (κ3) is 3.36.